The molecule has 124 valence electrons. The van der Waals surface area contributed by atoms with Crippen LogP contribution in [0, 0.1) is 11.2 Å². The molecule has 1 N–H and O–H groups in total. The summed E-state index contributed by atoms with van der Waals surface area (Å²) in [7, 11) is 0. The average molecular weight is 339 g/mol. The van der Waals surface area contributed by atoms with Crippen molar-refractivity contribution in [1.82, 2.24) is 10.2 Å². The molecule has 0 radical (unpaired) electrons. The van der Waals surface area contributed by atoms with Gasteiger partial charge in [0.15, 0.2) is 0 Å². The zero-order chi connectivity index (χ0) is 15.1. The van der Waals surface area contributed by atoms with Crippen molar-refractivity contribution in [3.8, 4) is 0 Å². The Morgan fingerprint density at radius 1 is 1.23 bits per heavy atom. The fourth-order valence-corrected chi connectivity index (χ4v) is 3.50. The van der Waals surface area contributed by atoms with Crippen LogP contribution < -0.4 is 5.32 Å². The number of hydrogen-bond acceptors (Lipinski definition) is 2. The summed E-state index contributed by atoms with van der Waals surface area (Å²) in [6.45, 7) is 3.78. The molecule has 1 aromatic carbocycles. The highest BCUT2D eigenvalue weighted by molar-refractivity contribution is 5.85. The minimum Gasteiger partial charge on any atom is -0.316 e. The predicted molar refractivity (Wildman–Crippen MR) is 78.5 cm³/mol. The topological polar surface area (TPSA) is 15.3 Å². The van der Waals surface area contributed by atoms with Crippen LogP contribution in [0.1, 0.15) is 24.0 Å². The summed E-state index contributed by atoms with van der Waals surface area (Å²) in [5.41, 5.74) is -0.474. The summed E-state index contributed by atoms with van der Waals surface area (Å²) in [6, 6.07) is 2.96. The second-order valence-electron chi connectivity index (χ2n) is 6.19. The Bertz CT molecular complexity index is 527. The van der Waals surface area contributed by atoms with E-state index in [1.54, 1.807) is 0 Å². The summed E-state index contributed by atoms with van der Waals surface area (Å²) in [6.07, 6.45) is -2.41. The monoisotopic (exact) mass is 338 g/mol. The second kappa shape index (κ2) is 6.34. The maximum Gasteiger partial charge on any atom is 0.416 e. The van der Waals surface area contributed by atoms with Gasteiger partial charge >= 0.3 is 6.18 Å². The van der Waals surface area contributed by atoms with Crippen LogP contribution in [0.5, 0.6) is 0 Å². The van der Waals surface area contributed by atoms with Gasteiger partial charge in [0.05, 0.1) is 5.56 Å². The van der Waals surface area contributed by atoms with Crippen molar-refractivity contribution >= 4 is 12.4 Å². The van der Waals surface area contributed by atoms with E-state index in [1.165, 1.54) is 6.07 Å². The van der Waals surface area contributed by atoms with Gasteiger partial charge in [-0.15, -0.1) is 12.4 Å². The number of benzene rings is 1. The Kier molecular flexibility index (Phi) is 5.04. The van der Waals surface area contributed by atoms with Crippen molar-refractivity contribution in [2.45, 2.75) is 25.6 Å². The first-order valence-electron chi connectivity index (χ1n) is 7.17. The van der Waals surface area contributed by atoms with E-state index >= 15 is 0 Å². The third kappa shape index (κ3) is 3.55. The van der Waals surface area contributed by atoms with Crippen molar-refractivity contribution in [3.05, 3.63) is 35.1 Å². The van der Waals surface area contributed by atoms with E-state index in [0.29, 0.717) is 6.07 Å². The number of nitrogens with one attached hydrogen (secondary N) is 1. The van der Waals surface area contributed by atoms with Crippen LogP contribution in [-0.2, 0) is 12.7 Å². The first kappa shape index (κ1) is 17.5. The van der Waals surface area contributed by atoms with Crippen molar-refractivity contribution in [2.75, 3.05) is 26.2 Å². The molecule has 7 heteroatoms. The van der Waals surface area contributed by atoms with Crippen LogP contribution in [0.3, 0.4) is 0 Å². The molecule has 0 saturated carbocycles. The molecule has 0 aliphatic carbocycles. The maximum atomic E-state index is 13.1. The quantitative estimate of drug-likeness (QED) is 0.831. The normalized spacial score (nSPS) is 25.6. The molecular weight excluding hydrogens is 320 g/mol. The van der Waals surface area contributed by atoms with E-state index in [2.05, 4.69) is 10.2 Å². The maximum absolute atomic E-state index is 13.1. The van der Waals surface area contributed by atoms with E-state index in [1.807, 2.05) is 0 Å². The Morgan fingerprint density at radius 2 is 2.00 bits per heavy atom. The summed E-state index contributed by atoms with van der Waals surface area (Å²) in [5, 5.41) is 3.33. The Hall–Kier alpha value is -0.850. The summed E-state index contributed by atoms with van der Waals surface area (Å²) >= 11 is 0. The molecule has 22 heavy (non-hydrogen) atoms. The van der Waals surface area contributed by atoms with Gasteiger partial charge in [0.1, 0.15) is 5.82 Å². The van der Waals surface area contributed by atoms with Crippen molar-refractivity contribution in [3.63, 3.8) is 0 Å². The Morgan fingerprint density at radius 3 is 2.64 bits per heavy atom. The van der Waals surface area contributed by atoms with Crippen LogP contribution in [0.15, 0.2) is 18.2 Å². The number of hydrogen-bond donors (Lipinski definition) is 1. The number of likely N-dealkylation sites (tertiary alicyclic amines) is 1. The lowest BCUT2D eigenvalue weighted by atomic mass is 9.86. The molecule has 1 atom stereocenters. The highest BCUT2D eigenvalue weighted by Crippen LogP contribution is 2.38. The van der Waals surface area contributed by atoms with Crippen molar-refractivity contribution in [1.29, 1.82) is 0 Å². The van der Waals surface area contributed by atoms with Gasteiger partial charge < -0.3 is 5.32 Å². The van der Waals surface area contributed by atoms with Crippen LogP contribution in [-0.4, -0.2) is 31.1 Å². The third-order valence-corrected chi connectivity index (χ3v) is 4.62. The molecule has 2 fully saturated rings. The molecule has 3 rings (SSSR count). The van der Waals surface area contributed by atoms with Gasteiger partial charge in [-0.3, -0.25) is 4.90 Å². The van der Waals surface area contributed by atoms with Gasteiger partial charge in [0.25, 0.3) is 0 Å². The van der Waals surface area contributed by atoms with Gasteiger partial charge in [-0.25, -0.2) is 4.39 Å². The van der Waals surface area contributed by atoms with Crippen LogP contribution in [0.2, 0.25) is 0 Å². The van der Waals surface area contributed by atoms with Crippen LogP contribution in [0.4, 0.5) is 17.6 Å². The molecule has 1 aromatic rings. The molecule has 0 aromatic heterocycles. The molecule has 2 aliphatic rings. The van der Waals surface area contributed by atoms with Gasteiger partial charge in [0, 0.05) is 19.6 Å². The number of nitrogens with zero attached hydrogens (tertiary/aromatic N) is 1. The zero-order valence-electron chi connectivity index (χ0n) is 12.0. The van der Waals surface area contributed by atoms with E-state index < -0.39 is 17.6 Å². The van der Waals surface area contributed by atoms with Gasteiger partial charge in [0.2, 0.25) is 0 Å². The van der Waals surface area contributed by atoms with Crippen molar-refractivity contribution < 1.29 is 17.6 Å². The summed E-state index contributed by atoms with van der Waals surface area (Å²) in [4.78, 5) is 2.05. The lowest BCUT2D eigenvalue weighted by Crippen LogP contribution is -2.29. The molecule has 1 unspecified atom stereocenters. The first-order valence-corrected chi connectivity index (χ1v) is 7.17. The second-order valence-corrected chi connectivity index (χ2v) is 6.19. The smallest absolute Gasteiger partial charge is 0.316 e. The lowest BCUT2D eigenvalue weighted by Gasteiger charge is -2.23. The van der Waals surface area contributed by atoms with Gasteiger partial charge in [-0.1, -0.05) is 6.07 Å². The molecular formula is C15H19ClF4N2. The minimum absolute atomic E-state index is 0. The van der Waals surface area contributed by atoms with Crippen LogP contribution >= 0.6 is 12.4 Å². The van der Waals surface area contributed by atoms with E-state index in [0.717, 1.165) is 45.1 Å². The highest BCUT2D eigenvalue weighted by Gasteiger charge is 2.41. The zero-order valence-corrected chi connectivity index (χ0v) is 12.9. The third-order valence-electron chi connectivity index (χ3n) is 4.62. The molecule has 0 bridgehead atoms. The highest BCUT2D eigenvalue weighted by atomic mass is 35.5. The number of halogens is 5. The predicted octanol–water partition coefficient (Wildman–Crippen LogP) is 3.45. The summed E-state index contributed by atoms with van der Waals surface area (Å²) < 4.78 is 52.1. The lowest BCUT2D eigenvalue weighted by molar-refractivity contribution is -0.138. The largest absolute Gasteiger partial charge is 0.416 e. The van der Waals surface area contributed by atoms with E-state index in [9.17, 15) is 17.6 Å². The molecule has 2 heterocycles. The Balaban J connectivity index is 0.00000176. The molecule has 2 nitrogen and oxygen atoms in total. The fourth-order valence-electron chi connectivity index (χ4n) is 3.50. The van der Waals surface area contributed by atoms with E-state index in [4.69, 9.17) is 0 Å². The molecule has 1 spiro atoms. The fraction of sp³-hybridized carbons (Fsp3) is 0.600. The standard InChI is InChI=1S/C15H18F4N2.ClH/c16-12-2-1-11(13(7-12)15(17,18)19)8-21-6-4-14(10-21)3-5-20-9-14;/h1-2,7,20H,3-6,8-10H2;1H. The molecule has 2 aliphatic heterocycles. The average Bonchev–Trinajstić information content (AvgIpc) is 3.02. The minimum atomic E-state index is -4.51. The van der Waals surface area contributed by atoms with Gasteiger partial charge in [-0.05, 0) is 49.0 Å². The van der Waals surface area contributed by atoms with Crippen molar-refractivity contribution in [2.24, 2.45) is 5.41 Å². The first-order chi connectivity index (χ1) is 9.88. The molecule has 0 amide bonds. The molecule has 2 saturated heterocycles. The Labute approximate surface area is 133 Å². The van der Waals surface area contributed by atoms with E-state index in [-0.39, 0.29) is 29.9 Å². The SMILES string of the molecule is Cl.Fc1ccc(CN2CCC3(CCNC3)C2)c(C(F)(F)F)c1. The number of alkyl halides is 3. The summed E-state index contributed by atoms with van der Waals surface area (Å²) in [5.74, 6) is -0.844. The van der Waals surface area contributed by atoms with Crippen LogP contribution in [0.25, 0.3) is 0 Å². The number of rotatable bonds is 2. The van der Waals surface area contributed by atoms with Gasteiger partial charge in [-0.2, -0.15) is 13.2 Å².